The van der Waals surface area contributed by atoms with Gasteiger partial charge >= 0.3 is 0 Å². The molecule has 0 amide bonds. The first-order chi connectivity index (χ1) is 6.94. The van der Waals surface area contributed by atoms with Gasteiger partial charge < -0.3 is 5.11 Å². The molecule has 1 atom stereocenters. The van der Waals surface area contributed by atoms with Crippen LogP contribution in [-0.2, 0) is 0 Å². The van der Waals surface area contributed by atoms with Crippen molar-refractivity contribution < 1.29 is 9.50 Å². The Labute approximate surface area is 89.9 Å². The third-order valence-electron chi connectivity index (χ3n) is 2.32. The molecule has 0 fully saturated rings. The maximum absolute atomic E-state index is 12.9. The Hall–Kier alpha value is -1.33. The summed E-state index contributed by atoms with van der Waals surface area (Å²) in [5.41, 5.74) is 0.322. The molecule has 0 radical (unpaired) electrons. The summed E-state index contributed by atoms with van der Waals surface area (Å²) in [6, 6.07) is 4.68. The Morgan fingerprint density at radius 3 is 2.67 bits per heavy atom. The summed E-state index contributed by atoms with van der Waals surface area (Å²) < 4.78 is 12.9. The van der Waals surface area contributed by atoms with Crippen molar-refractivity contribution in [2.75, 3.05) is 0 Å². The highest BCUT2D eigenvalue weighted by Gasteiger charge is 2.12. The first kappa shape index (κ1) is 11.7. The molecule has 1 aromatic rings. The van der Waals surface area contributed by atoms with E-state index in [1.165, 1.54) is 6.07 Å². The van der Waals surface area contributed by atoms with Gasteiger partial charge in [0.25, 0.3) is 0 Å². The first-order valence-electron chi connectivity index (χ1n) is 4.96. The molecule has 0 saturated carbocycles. The highest BCUT2D eigenvalue weighted by molar-refractivity contribution is 5.38. The summed E-state index contributed by atoms with van der Waals surface area (Å²) in [6.07, 6.45) is 0.570. The van der Waals surface area contributed by atoms with Crippen molar-refractivity contribution >= 4 is 0 Å². The van der Waals surface area contributed by atoms with Crippen LogP contribution in [0, 0.1) is 24.6 Å². The molecule has 0 aromatic heterocycles. The van der Waals surface area contributed by atoms with Gasteiger partial charge in [-0.05, 0) is 44.0 Å². The molecule has 0 saturated heterocycles. The summed E-state index contributed by atoms with van der Waals surface area (Å²) in [5.74, 6) is 5.36. The lowest BCUT2D eigenvalue weighted by Crippen LogP contribution is -2.19. The van der Waals surface area contributed by atoms with E-state index in [0.29, 0.717) is 12.0 Å². The molecule has 15 heavy (non-hydrogen) atoms. The monoisotopic (exact) mass is 206 g/mol. The van der Waals surface area contributed by atoms with E-state index in [2.05, 4.69) is 11.8 Å². The second kappa shape index (κ2) is 4.46. The van der Waals surface area contributed by atoms with E-state index < -0.39 is 5.60 Å². The van der Waals surface area contributed by atoms with Crippen molar-refractivity contribution in [2.45, 2.75) is 32.8 Å². The number of rotatable bonds is 1. The van der Waals surface area contributed by atoms with Crippen LogP contribution in [0.1, 0.15) is 31.4 Å². The molecule has 0 heterocycles. The van der Waals surface area contributed by atoms with Gasteiger partial charge in [-0.1, -0.05) is 18.8 Å². The zero-order chi connectivity index (χ0) is 11.5. The summed E-state index contributed by atoms with van der Waals surface area (Å²) in [4.78, 5) is 0. The fourth-order valence-corrected chi connectivity index (χ4v) is 1.02. The van der Waals surface area contributed by atoms with E-state index >= 15 is 0 Å². The van der Waals surface area contributed by atoms with Crippen molar-refractivity contribution in [3.8, 4) is 11.8 Å². The molecule has 1 aromatic carbocycles. The van der Waals surface area contributed by atoms with Crippen molar-refractivity contribution in [1.29, 1.82) is 0 Å². The molecule has 80 valence electrons. The molecule has 0 bridgehead atoms. The Kier molecular flexibility index (Phi) is 3.49. The van der Waals surface area contributed by atoms with Crippen LogP contribution in [0.2, 0.25) is 0 Å². The average molecular weight is 206 g/mol. The Balaban J connectivity index is 2.95. The van der Waals surface area contributed by atoms with E-state index in [-0.39, 0.29) is 5.82 Å². The lowest BCUT2D eigenvalue weighted by Gasteiger charge is -2.11. The SMILES string of the molecule is CCC(C)(O)C#Cc1ccc(F)c(C)c1. The maximum Gasteiger partial charge on any atom is 0.126 e. The third-order valence-corrected chi connectivity index (χ3v) is 2.32. The molecule has 2 heteroatoms. The van der Waals surface area contributed by atoms with Gasteiger partial charge in [0.15, 0.2) is 0 Å². The number of benzene rings is 1. The number of aliphatic hydroxyl groups is 1. The minimum absolute atomic E-state index is 0.234. The molecular weight excluding hydrogens is 191 g/mol. The van der Waals surface area contributed by atoms with Crippen molar-refractivity contribution in [3.05, 3.63) is 35.1 Å². The normalized spacial score (nSPS) is 13.9. The molecular formula is C13H15FO. The molecule has 1 rings (SSSR count). The summed E-state index contributed by atoms with van der Waals surface area (Å²) in [6.45, 7) is 5.22. The number of halogens is 1. The van der Waals surface area contributed by atoms with E-state index in [9.17, 15) is 9.50 Å². The second-order valence-corrected chi connectivity index (χ2v) is 3.84. The molecule has 1 N–H and O–H groups in total. The molecule has 0 aliphatic carbocycles. The van der Waals surface area contributed by atoms with Crippen LogP contribution in [0.25, 0.3) is 0 Å². The van der Waals surface area contributed by atoms with Crippen LogP contribution >= 0.6 is 0 Å². The first-order valence-corrected chi connectivity index (χ1v) is 4.96. The molecule has 0 aliphatic heterocycles. The number of aryl methyl sites for hydroxylation is 1. The molecule has 1 unspecified atom stereocenters. The van der Waals surface area contributed by atoms with Gasteiger partial charge in [-0.3, -0.25) is 0 Å². The standard InChI is InChI=1S/C13H15FO/c1-4-13(3,15)8-7-11-5-6-12(14)10(2)9-11/h5-6,9,15H,4H2,1-3H3. The van der Waals surface area contributed by atoms with Crippen LogP contribution in [0.4, 0.5) is 4.39 Å². The van der Waals surface area contributed by atoms with Crippen LogP contribution in [-0.4, -0.2) is 10.7 Å². The van der Waals surface area contributed by atoms with Gasteiger partial charge in [-0.15, -0.1) is 0 Å². The van der Waals surface area contributed by atoms with Gasteiger partial charge in [0.05, 0.1) is 0 Å². The van der Waals surface area contributed by atoms with Gasteiger partial charge in [0.2, 0.25) is 0 Å². The van der Waals surface area contributed by atoms with E-state index in [0.717, 1.165) is 5.56 Å². The smallest absolute Gasteiger partial charge is 0.126 e. The fraction of sp³-hybridized carbons (Fsp3) is 0.385. The summed E-state index contributed by atoms with van der Waals surface area (Å²) >= 11 is 0. The quantitative estimate of drug-likeness (QED) is 0.700. The van der Waals surface area contributed by atoms with Crippen LogP contribution in [0.15, 0.2) is 18.2 Å². The minimum atomic E-state index is -0.970. The molecule has 0 spiro atoms. The number of hydrogen-bond acceptors (Lipinski definition) is 1. The average Bonchev–Trinajstić information content (AvgIpc) is 2.20. The van der Waals surface area contributed by atoms with Crippen molar-refractivity contribution in [2.24, 2.45) is 0 Å². The molecule has 1 nitrogen and oxygen atoms in total. The Bertz CT molecular complexity index is 410. The zero-order valence-corrected chi connectivity index (χ0v) is 9.26. The predicted octanol–water partition coefficient (Wildman–Crippen LogP) is 2.65. The lowest BCUT2D eigenvalue weighted by molar-refractivity contribution is 0.118. The van der Waals surface area contributed by atoms with Crippen LogP contribution in [0.3, 0.4) is 0 Å². The highest BCUT2D eigenvalue weighted by atomic mass is 19.1. The van der Waals surface area contributed by atoms with Crippen LogP contribution < -0.4 is 0 Å². The topological polar surface area (TPSA) is 20.2 Å². The largest absolute Gasteiger partial charge is 0.378 e. The van der Waals surface area contributed by atoms with Crippen molar-refractivity contribution in [3.63, 3.8) is 0 Å². The highest BCUT2D eigenvalue weighted by Crippen LogP contribution is 2.10. The summed E-state index contributed by atoms with van der Waals surface area (Å²) in [5, 5.41) is 9.66. The summed E-state index contributed by atoms with van der Waals surface area (Å²) in [7, 11) is 0. The predicted molar refractivity (Wildman–Crippen MR) is 58.9 cm³/mol. The maximum atomic E-state index is 12.9. The Morgan fingerprint density at radius 2 is 2.13 bits per heavy atom. The lowest BCUT2D eigenvalue weighted by atomic mass is 10.0. The number of hydrogen-bond donors (Lipinski definition) is 1. The minimum Gasteiger partial charge on any atom is -0.378 e. The van der Waals surface area contributed by atoms with Gasteiger partial charge in [-0.2, -0.15) is 0 Å². The molecule has 0 aliphatic rings. The zero-order valence-electron chi connectivity index (χ0n) is 9.26. The van der Waals surface area contributed by atoms with Gasteiger partial charge in [0.1, 0.15) is 11.4 Å². The second-order valence-electron chi connectivity index (χ2n) is 3.84. The van der Waals surface area contributed by atoms with Gasteiger partial charge in [0, 0.05) is 5.56 Å². The van der Waals surface area contributed by atoms with Gasteiger partial charge in [-0.25, -0.2) is 4.39 Å². The Morgan fingerprint density at radius 1 is 1.47 bits per heavy atom. The van der Waals surface area contributed by atoms with E-state index in [4.69, 9.17) is 0 Å². The third kappa shape index (κ3) is 3.38. The van der Waals surface area contributed by atoms with E-state index in [1.54, 1.807) is 26.0 Å². The van der Waals surface area contributed by atoms with Crippen molar-refractivity contribution in [1.82, 2.24) is 0 Å². The van der Waals surface area contributed by atoms with E-state index in [1.807, 2.05) is 6.92 Å². The fourth-order valence-electron chi connectivity index (χ4n) is 1.02. The van der Waals surface area contributed by atoms with Crippen LogP contribution in [0.5, 0.6) is 0 Å².